The SMILES string of the molecule is CCC[Si]1(c2c(OC)cccc2OC)CCC(=O)CC1. The van der Waals surface area contributed by atoms with Gasteiger partial charge in [-0.05, 0) is 24.2 Å². The number of carbonyl (C=O) groups is 1. The summed E-state index contributed by atoms with van der Waals surface area (Å²) in [6.45, 7) is 2.23. The minimum Gasteiger partial charge on any atom is -0.497 e. The normalized spacial score (nSPS) is 17.9. The highest BCUT2D eigenvalue weighted by atomic mass is 28.3. The molecule has 0 N–H and O–H groups in total. The summed E-state index contributed by atoms with van der Waals surface area (Å²) in [5, 5.41) is 1.29. The molecule has 1 heterocycles. The third-order valence-corrected chi connectivity index (χ3v) is 9.88. The Morgan fingerprint density at radius 1 is 1.10 bits per heavy atom. The van der Waals surface area contributed by atoms with Gasteiger partial charge in [-0.15, -0.1) is 0 Å². The topological polar surface area (TPSA) is 35.5 Å². The van der Waals surface area contributed by atoms with Crippen LogP contribution in [-0.2, 0) is 4.79 Å². The molecule has 0 saturated carbocycles. The maximum absolute atomic E-state index is 11.7. The van der Waals surface area contributed by atoms with Crippen molar-refractivity contribution in [1.82, 2.24) is 0 Å². The zero-order valence-corrected chi connectivity index (χ0v) is 13.7. The van der Waals surface area contributed by atoms with Gasteiger partial charge in [0, 0.05) is 18.0 Å². The van der Waals surface area contributed by atoms with Crippen LogP contribution in [-0.4, -0.2) is 28.1 Å². The number of benzene rings is 1. The molecule has 0 amide bonds. The highest BCUT2D eigenvalue weighted by Crippen LogP contribution is 2.36. The summed E-state index contributed by atoms with van der Waals surface area (Å²) in [6.07, 6.45) is 2.61. The van der Waals surface area contributed by atoms with Gasteiger partial charge >= 0.3 is 0 Å². The lowest BCUT2D eigenvalue weighted by atomic mass is 10.2. The van der Waals surface area contributed by atoms with Crippen LogP contribution < -0.4 is 14.7 Å². The molecule has 1 saturated heterocycles. The smallest absolute Gasteiger partial charge is 0.132 e. The Bertz CT molecular complexity index is 452. The lowest BCUT2D eigenvalue weighted by molar-refractivity contribution is -0.118. The molecule has 1 aliphatic rings. The van der Waals surface area contributed by atoms with Crippen molar-refractivity contribution >= 4 is 19.0 Å². The van der Waals surface area contributed by atoms with Crippen LogP contribution in [0.1, 0.15) is 26.2 Å². The maximum Gasteiger partial charge on any atom is 0.132 e. The number of hydrogen-bond donors (Lipinski definition) is 0. The molecule has 2 rings (SSSR count). The van der Waals surface area contributed by atoms with E-state index in [2.05, 4.69) is 6.92 Å². The summed E-state index contributed by atoms with van der Waals surface area (Å²) in [5.74, 6) is 2.30. The summed E-state index contributed by atoms with van der Waals surface area (Å²) in [6, 6.07) is 9.31. The largest absolute Gasteiger partial charge is 0.497 e. The van der Waals surface area contributed by atoms with Crippen LogP contribution in [0, 0.1) is 0 Å². The number of ketones is 1. The van der Waals surface area contributed by atoms with Crippen LogP contribution in [0.25, 0.3) is 0 Å². The zero-order valence-electron chi connectivity index (χ0n) is 12.7. The lowest BCUT2D eigenvalue weighted by Crippen LogP contribution is -2.51. The van der Waals surface area contributed by atoms with Crippen LogP contribution in [0.2, 0.25) is 18.1 Å². The van der Waals surface area contributed by atoms with Gasteiger partial charge in [-0.2, -0.15) is 0 Å². The van der Waals surface area contributed by atoms with E-state index in [-0.39, 0.29) is 0 Å². The summed E-state index contributed by atoms with van der Waals surface area (Å²) >= 11 is 0. The molecule has 0 aliphatic carbocycles. The Kier molecular flexibility index (Phi) is 4.86. The summed E-state index contributed by atoms with van der Waals surface area (Å²) in [7, 11) is 1.74. The van der Waals surface area contributed by atoms with Gasteiger partial charge < -0.3 is 9.47 Å². The minimum absolute atomic E-state index is 0.415. The van der Waals surface area contributed by atoms with Crippen LogP contribution in [0.4, 0.5) is 0 Å². The molecule has 0 atom stereocenters. The van der Waals surface area contributed by atoms with E-state index >= 15 is 0 Å². The average molecular weight is 292 g/mol. The van der Waals surface area contributed by atoms with E-state index in [0.717, 1.165) is 42.8 Å². The van der Waals surface area contributed by atoms with E-state index in [9.17, 15) is 4.79 Å². The number of ether oxygens (including phenoxy) is 2. The Hall–Kier alpha value is -1.29. The lowest BCUT2D eigenvalue weighted by Gasteiger charge is -2.37. The maximum atomic E-state index is 11.7. The molecule has 1 fully saturated rings. The van der Waals surface area contributed by atoms with E-state index in [1.54, 1.807) is 14.2 Å². The Morgan fingerprint density at radius 3 is 2.10 bits per heavy atom. The molecule has 1 aromatic carbocycles. The quantitative estimate of drug-likeness (QED) is 0.782. The third kappa shape index (κ3) is 2.75. The molecule has 1 aromatic rings. The molecule has 3 nitrogen and oxygen atoms in total. The number of methoxy groups -OCH3 is 2. The number of Topliss-reactive ketones (excluding diaryl/α,β-unsaturated/α-hetero) is 1. The molecule has 0 bridgehead atoms. The molecular formula is C16H24O3Si. The number of rotatable bonds is 5. The first-order chi connectivity index (χ1) is 9.66. The Balaban J connectivity index is 2.51. The van der Waals surface area contributed by atoms with Crippen molar-refractivity contribution in [3.05, 3.63) is 18.2 Å². The van der Waals surface area contributed by atoms with Crippen molar-refractivity contribution < 1.29 is 14.3 Å². The number of hydrogen-bond acceptors (Lipinski definition) is 3. The number of carbonyl (C=O) groups excluding carboxylic acids is 1. The summed E-state index contributed by atoms with van der Waals surface area (Å²) < 4.78 is 11.2. The summed E-state index contributed by atoms with van der Waals surface area (Å²) in [4.78, 5) is 11.7. The Morgan fingerprint density at radius 2 is 1.65 bits per heavy atom. The van der Waals surface area contributed by atoms with Gasteiger partial charge in [-0.25, -0.2) is 0 Å². The minimum atomic E-state index is -1.70. The predicted molar refractivity (Wildman–Crippen MR) is 83.9 cm³/mol. The summed E-state index contributed by atoms with van der Waals surface area (Å²) in [5.41, 5.74) is 0. The van der Waals surface area contributed by atoms with Crippen LogP contribution in [0.5, 0.6) is 11.5 Å². The van der Waals surface area contributed by atoms with Gasteiger partial charge in [-0.1, -0.05) is 25.5 Å². The molecule has 0 radical (unpaired) electrons. The van der Waals surface area contributed by atoms with Crippen LogP contribution in [0.15, 0.2) is 18.2 Å². The second kappa shape index (κ2) is 6.44. The van der Waals surface area contributed by atoms with Gasteiger partial charge in [0.25, 0.3) is 0 Å². The van der Waals surface area contributed by atoms with Gasteiger partial charge in [0.05, 0.1) is 22.3 Å². The fourth-order valence-electron chi connectivity index (χ4n) is 3.48. The van der Waals surface area contributed by atoms with E-state index in [1.807, 2.05) is 18.2 Å². The van der Waals surface area contributed by atoms with E-state index in [4.69, 9.17) is 9.47 Å². The van der Waals surface area contributed by atoms with Crippen LogP contribution >= 0.6 is 0 Å². The Labute approximate surface area is 122 Å². The fourth-order valence-corrected chi connectivity index (χ4v) is 8.87. The monoisotopic (exact) mass is 292 g/mol. The van der Waals surface area contributed by atoms with E-state index < -0.39 is 8.07 Å². The first kappa shape index (κ1) is 15.1. The van der Waals surface area contributed by atoms with Crippen LogP contribution in [0.3, 0.4) is 0 Å². The first-order valence-electron chi connectivity index (χ1n) is 7.40. The van der Waals surface area contributed by atoms with Crippen molar-refractivity contribution in [2.75, 3.05) is 14.2 Å². The standard InChI is InChI=1S/C16H24O3Si/c1-4-10-20(11-8-13(17)9-12-20)16-14(18-2)6-5-7-15(16)19-3/h5-7H,4,8-12H2,1-3H3. The molecule has 1 aliphatic heterocycles. The molecule has 20 heavy (non-hydrogen) atoms. The van der Waals surface area contributed by atoms with Gasteiger partial charge in [0.15, 0.2) is 0 Å². The predicted octanol–water partition coefficient (Wildman–Crippen LogP) is 3.13. The molecule has 4 heteroatoms. The molecule has 0 spiro atoms. The van der Waals surface area contributed by atoms with Crippen molar-refractivity contribution in [3.8, 4) is 11.5 Å². The van der Waals surface area contributed by atoms with E-state index in [0.29, 0.717) is 5.78 Å². The van der Waals surface area contributed by atoms with Crippen molar-refractivity contribution in [1.29, 1.82) is 0 Å². The molecule has 110 valence electrons. The molecule has 0 aromatic heterocycles. The zero-order chi connectivity index (χ0) is 14.6. The second-order valence-electron chi connectivity index (χ2n) is 5.61. The van der Waals surface area contributed by atoms with E-state index in [1.165, 1.54) is 11.2 Å². The van der Waals surface area contributed by atoms with Crippen molar-refractivity contribution in [3.63, 3.8) is 0 Å². The highest BCUT2D eigenvalue weighted by Gasteiger charge is 2.41. The second-order valence-corrected chi connectivity index (χ2v) is 10.2. The highest BCUT2D eigenvalue weighted by molar-refractivity contribution is 6.93. The molecule has 0 unspecified atom stereocenters. The first-order valence-corrected chi connectivity index (χ1v) is 10.0. The van der Waals surface area contributed by atoms with Gasteiger partial charge in [0.2, 0.25) is 0 Å². The molecular weight excluding hydrogens is 268 g/mol. The van der Waals surface area contributed by atoms with Crippen molar-refractivity contribution in [2.45, 2.75) is 44.3 Å². The average Bonchev–Trinajstić information content (AvgIpc) is 2.49. The van der Waals surface area contributed by atoms with Gasteiger partial charge in [0.1, 0.15) is 17.3 Å². The van der Waals surface area contributed by atoms with Crippen molar-refractivity contribution in [2.24, 2.45) is 0 Å². The fraction of sp³-hybridized carbons (Fsp3) is 0.562. The third-order valence-electron chi connectivity index (χ3n) is 4.45. The van der Waals surface area contributed by atoms with Gasteiger partial charge in [-0.3, -0.25) is 4.79 Å².